The van der Waals surface area contributed by atoms with Crippen LogP contribution < -0.4 is 10.6 Å². The highest BCUT2D eigenvalue weighted by atomic mass is 35.5. The number of carbonyl (C=O) groups excluding carboxylic acids is 2. The fourth-order valence-corrected chi connectivity index (χ4v) is 4.42. The Morgan fingerprint density at radius 1 is 1.09 bits per heavy atom. The third-order valence-corrected chi connectivity index (χ3v) is 7.08. The predicted molar refractivity (Wildman–Crippen MR) is 125 cm³/mol. The van der Waals surface area contributed by atoms with E-state index in [0.29, 0.717) is 13.0 Å². The number of carbonyl (C=O) groups is 2. The standard InChI is InChI=1S/C22H24ClN5O4S/c1-27(2)33(31,32)19-14-17(8-9-18(19)23)26-22(30)21(29)25-11-10-20-24-12-13-28(20)15-16-6-4-3-5-7-16/h3-9,12-14H,10-11,15H2,1-2H3,(H,25,29)(H,26,30). The Hall–Kier alpha value is -3.21. The van der Waals surface area contributed by atoms with E-state index < -0.39 is 21.8 Å². The monoisotopic (exact) mass is 489 g/mol. The van der Waals surface area contributed by atoms with Gasteiger partial charge < -0.3 is 15.2 Å². The molecule has 1 aromatic heterocycles. The number of imidazole rings is 1. The van der Waals surface area contributed by atoms with Crippen LogP contribution in [-0.4, -0.2) is 54.7 Å². The normalized spacial score (nSPS) is 11.4. The van der Waals surface area contributed by atoms with E-state index in [1.165, 1.54) is 32.3 Å². The molecule has 3 rings (SSSR count). The molecule has 0 saturated heterocycles. The zero-order valence-electron chi connectivity index (χ0n) is 18.2. The summed E-state index contributed by atoms with van der Waals surface area (Å²) < 4.78 is 27.7. The van der Waals surface area contributed by atoms with Gasteiger partial charge in [0.15, 0.2) is 0 Å². The van der Waals surface area contributed by atoms with E-state index in [9.17, 15) is 18.0 Å². The van der Waals surface area contributed by atoms with Crippen LogP contribution in [0.2, 0.25) is 5.02 Å². The molecule has 0 radical (unpaired) electrons. The molecule has 0 atom stereocenters. The molecule has 9 nitrogen and oxygen atoms in total. The number of rotatable bonds is 8. The van der Waals surface area contributed by atoms with Crippen molar-refractivity contribution in [2.75, 3.05) is 26.0 Å². The molecular weight excluding hydrogens is 466 g/mol. The maximum absolute atomic E-state index is 12.4. The van der Waals surface area contributed by atoms with Crippen molar-refractivity contribution in [1.29, 1.82) is 0 Å². The molecule has 2 amide bonds. The minimum absolute atomic E-state index is 0.0113. The minimum Gasteiger partial charge on any atom is -0.347 e. The van der Waals surface area contributed by atoms with Crippen molar-refractivity contribution in [3.05, 3.63) is 77.3 Å². The molecule has 0 aliphatic rings. The number of hydrogen-bond acceptors (Lipinski definition) is 5. The number of halogens is 1. The van der Waals surface area contributed by atoms with Gasteiger partial charge in [-0.1, -0.05) is 41.9 Å². The van der Waals surface area contributed by atoms with Gasteiger partial charge in [0.05, 0.1) is 5.02 Å². The Labute approximate surface area is 197 Å². The first-order valence-corrected chi connectivity index (χ1v) is 11.9. The molecule has 2 aromatic carbocycles. The summed E-state index contributed by atoms with van der Waals surface area (Å²) in [7, 11) is -1.07. The minimum atomic E-state index is -3.81. The maximum atomic E-state index is 12.4. The van der Waals surface area contributed by atoms with Gasteiger partial charge in [-0.3, -0.25) is 9.59 Å². The van der Waals surface area contributed by atoms with Gasteiger partial charge in [-0.2, -0.15) is 0 Å². The summed E-state index contributed by atoms with van der Waals surface area (Å²) in [6.07, 6.45) is 3.98. The average molecular weight is 490 g/mol. The number of amides is 2. The van der Waals surface area contributed by atoms with Crippen LogP contribution in [-0.2, 0) is 32.6 Å². The Kier molecular flexibility index (Phi) is 7.85. The topological polar surface area (TPSA) is 113 Å². The number of aromatic nitrogens is 2. The van der Waals surface area contributed by atoms with E-state index in [-0.39, 0.29) is 22.2 Å². The van der Waals surface area contributed by atoms with Gasteiger partial charge in [0, 0.05) is 51.7 Å². The van der Waals surface area contributed by atoms with E-state index in [0.717, 1.165) is 15.7 Å². The quantitative estimate of drug-likeness (QED) is 0.470. The Balaban J connectivity index is 1.56. The number of benzene rings is 2. The molecular formula is C22H24ClN5O4S. The fraction of sp³-hybridized carbons (Fsp3) is 0.227. The molecule has 33 heavy (non-hydrogen) atoms. The van der Waals surface area contributed by atoms with E-state index >= 15 is 0 Å². The van der Waals surface area contributed by atoms with Crippen LogP contribution in [0.5, 0.6) is 0 Å². The van der Waals surface area contributed by atoms with Gasteiger partial charge in [0.25, 0.3) is 0 Å². The summed E-state index contributed by atoms with van der Waals surface area (Å²) in [6, 6.07) is 13.9. The Morgan fingerprint density at radius 3 is 2.52 bits per heavy atom. The summed E-state index contributed by atoms with van der Waals surface area (Å²) in [5, 5.41) is 4.96. The summed E-state index contributed by atoms with van der Waals surface area (Å²) in [5.74, 6) is -0.989. The maximum Gasteiger partial charge on any atom is 0.313 e. The van der Waals surface area contributed by atoms with E-state index in [1.807, 2.05) is 41.1 Å². The lowest BCUT2D eigenvalue weighted by atomic mass is 10.2. The highest BCUT2D eigenvalue weighted by molar-refractivity contribution is 7.89. The third kappa shape index (κ3) is 6.19. The zero-order valence-corrected chi connectivity index (χ0v) is 19.7. The number of anilines is 1. The second-order valence-corrected chi connectivity index (χ2v) is 9.88. The van der Waals surface area contributed by atoms with E-state index in [4.69, 9.17) is 11.6 Å². The number of nitrogens with one attached hydrogen (secondary N) is 2. The number of sulfonamides is 1. The van der Waals surface area contributed by atoms with Gasteiger partial charge in [-0.15, -0.1) is 0 Å². The van der Waals surface area contributed by atoms with Crippen LogP contribution in [0.4, 0.5) is 5.69 Å². The lowest BCUT2D eigenvalue weighted by Crippen LogP contribution is -2.36. The first-order valence-electron chi connectivity index (χ1n) is 10.0. The van der Waals surface area contributed by atoms with Gasteiger partial charge in [-0.05, 0) is 23.8 Å². The number of hydrogen-bond donors (Lipinski definition) is 2. The molecule has 0 saturated carbocycles. The fourth-order valence-electron chi connectivity index (χ4n) is 3.02. The average Bonchev–Trinajstić information content (AvgIpc) is 3.22. The van der Waals surface area contributed by atoms with E-state index in [1.54, 1.807) is 6.20 Å². The van der Waals surface area contributed by atoms with Crippen LogP contribution in [0.3, 0.4) is 0 Å². The molecule has 0 unspecified atom stereocenters. The van der Waals surface area contributed by atoms with Crippen molar-refractivity contribution in [3.63, 3.8) is 0 Å². The zero-order chi connectivity index (χ0) is 24.0. The van der Waals surface area contributed by atoms with Crippen LogP contribution >= 0.6 is 11.6 Å². The summed E-state index contributed by atoms with van der Waals surface area (Å²) in [4.78, 5) is 28.6. The van der Waals surface area contributed by atoms with Gasteiger partial charge >= 0.3 is 11.8 Å². The molecule has 0 bridgehead atoms. The number of nitrogens with zero attached hydrogens (tertiary/aromatic N) is 3. The van der Waals surface area contributed by atoms with Gasteiger partial charge in [-0.25, -0.2) is 17.7 Å². The van der Waals surface area contributed by atoms with E-state index in [2.05, 4.69) is 15.6 Å². The summed E-state index contributed by atoms with van der Waals surface area (Å²) in [6.45, 7) is 0.859. The van der Waals surface area contributed by atoms with Crippen LogP contribution in [0, 0.1) is 0 Å². The molecule has 0 spiro atoms. The molecule has 0 aliphatic heterocycles. The van der Waals surface area contributed by atoms with Crippen LogP contribution in [0.15, 0.2) is 65.8 Å². The van der Waals surface area contributed by atoms with Crippen molar-refractivity contribution in [2.24, 2.45) is 0 Å². The molecule has 2 N–H and O–H groups in total. The van der Waals surface area contributed by atoms with Gasteiger partial charge in [0.2, 0.25) is 10.0 Å². The molecule has 174 valence electrons. The smallest absolute Gasteiger partial charge is 0.313 e. The molecule has 0 aliphatic carbocycles. The predicted octanol–water partition coefficient (Wildman–Crippen LogP) is 2.13. The van der Waals surface area contributed by atoms with Crippen LogP contribution in [0.1, 0.15) is 11.4 Å². The lowest BCUT2D eigenvalue weighted by molar-refractivity contribution is -0.136. The largest absolute Gasteiger partial charge is 0.347 e. The Bertz CT molecular complexity index is 1240. The van der Waals surface area contributed by atoms with Crippen molar-refractivity contribution >= 4 is 39.1 Å². The molecule has 1 heterocycles. The van der Waals surface area contributed by atoms with Crippen molar-refractivity contribution in [1.82, 2.24) is 19.2 Å². The lowest BCUT2D eigenvalue weighted by Gasteiger charge is -2.14. The second kappa shape index (κ2) is 10.6. The van der Waals surface area contributed by atoms with Crippen molar-refractivity contribution in [3.8, 4) is 0 Å². The summed E-state index contributed by atoms with van der Waals surface area (Å²) >= 11 is 6.00. The molecule has 0 fully saturated rings. The van der Waals surface area contributed by atoms with Crippen LogP contribution in [0.25, 0.3) is 0 Å². The highest BCUT2D eigenvalue weighted by Gasteiger charge is 2.22. The summed E-state index contributed by atoms with van der Waals surface area (Å²) in [5.41, 5.74) is 1.26. The second-order valence-electron chi connectivity index (χ2n) is 7.35. The van der Waals surface area contributed by atoms with Gasteiger partial charge in [0.1, 0.15) is 10.7 Å². The van der Waals surface area contributed by atoms with Crippen molar-refractivity contribution in [2.45, 2.75) is 17.9 Å². The van der Waals surface area contributed by atoms with Crippen molar-refractivity contribution < 1.29 is 18.0 Å². The molecule has 3 aromatic rings. The highest BCUT2D eigenvalue weighted by Crippen LogP contribution is 2.26. The SMILES string of the molecule is CN(C)S(=O)(=O)c1cc(NC(=O)C(=O)NCCc2nccn2Cc2ccccc2)ccc1Cl. The first kappa shape index (κ1) is 24.4. The molecule has 11 heteroatoms. The third-order valence-electron chi connectivity index (χ3n) is 4.79. The first-order chi connectivity index (χ1) is 15.7. The Morgan fingerprint density at radius 2 is 1.82 bits per heavy atom.